The van der Waals surface area contributed by atoms with E-state index >= 15 is 0 Å². The van der Waals surface area contributed by atoms with Gasteiger partial charge < -0.3 is 10.5 Å². The van der Waals surface area contributed by atoms with Gasteiger partial charge in [0.2, 0.25) is 5.91 Å². The lowest BCUT2D eigenvalue weighted by atomic mass is 10.2. The van der Waals surface area contributed by atoms with Crippen LogP contribution in [-0.4, -0.2) is 18.3 Å². The van der Waals surface area contributed by atoms with Crippen molar-refractivity contribution in [1.29, 1.82) is 0 Å². The topological polar surface area (TPSA) is 69.4 Å². The summed E-state index contributed by atoms with van der Waals surface area (Å²) in [7, 11) is 0. The summed E-state index contributed by atoms with van der Waals surface area (Å²) in [6, 6.07) is 6.84. The molecule has 0 aromatic heterocycles. The largest absolute Gasteiger partial charge is 0.489 e. The van der Waals surface area contributed by atoms with E-state index in [0.717, 1.165) is 0 Å². The average molecular weight is 207 g/mol. The molecular weight excluding hydrogens is 194 g/mol. The summed E-state index contributed by atoms with van der Waals surface area (Å²) in [6.07, 6.45) is 0.517. The highest BCUT2D eigenvalue weighted by molar-refractivity contribution is 5.79. The van der Waals surface area contributed by atoms with Gasteiger partial charge in [0.15, 0.2) is 6.29 Å². The summed E-state index contributed by atoms with van der Waals surface area (Å²) in [6.45, 7) is 1.73. The van der Waals surface area contributed by atoms with Gasteiger partial charge in [0.05, 0.1) is 12.0 Å². The third kappa shape index (κ3) is 3.42. The molecule has 0 radical (unpaired) electrons. The van der Waals surface area contributed by atoms with Crippen molar-refractivity contribution >= 4 is 12.2 Å². The van der Waals surface area contributed by atoms with Crippen LogP contribution < -0.4 is 10.5 Å². The minimum Gasteiger partial charge on any atom is -0.489 e. The van der Waals surface area contributed by atoms with Crippen molar-refractivity contribution in [3.05, 3.63) is 29.8 Å². The molecule has 0 heterocycles. The Morgan fingerprint density at radius 3 is 2.80 bits per heavy atom. The number of carbonyl (C=O) groups excluding carboxylic acids is 2. The molecule has 4 heteroatoms. The molecule has 15 heavy (non-hydrogen) atoms. The highest BCUT2D eigenvalue weighted by Gasteiger charge is 2.09. The van der Waals surface area contributed by atoms with Crippen molar-refractivity contribution in [2.24, 2.45) is 5.73 Å². The maximum absolute atomic E-state index is 10.7. The molecule has 2 N–H and O–H groups in total. The zero-order chi connectivity index (χ0) is 11.3. The van der Waals surface area contributed by atoms with Crippen LogP contribution in [0.15, 0.2) is 24.3 Å². The Morgan fingerprint density at radius 1 is 1.53 bits per heavy atom. The van der Waals surface area contributed by atoms with E-state index in [0.29, 0.717) is 17.6 Å². The fraction of sp³-hybridized carbons (Fsp3) is 0.273. The second-order valence-corrected chi connectivity index (χ2v) is 3.25. The molecular formula is C11H13NO3. The number of amides is 1. The van der Waals surface area contributed by atoms with Crippen molar-refractivity contribution in [3.8, 4) is 5.75 Å². The zero-order valence-corrected chi connectivity index (χ0v) is 8.47. The predicted molar refractivity (Wildman–Crippen MR) is 55.7 cm³/mol. The molecule has 1 aromatic carbocycles. The number of ether oxygens (including phenoxy) is 1. The SMILES string of the molecule is CC(CC(N)=O)Oc1ccccc1C=O. The van der Waals surface area contributed by atoms with Crippen LogP contribution in [0, 0.1) is 0 Å². The van der Waals surface area contributed by atoms with Gasteiger partial charge in [-0.3, -0.25) is 9.59 Å². The van der Waals surface area contributed by atoms with Crippen LogP contribution in [0.4, 0.5) is 0 Å². The predicted octanol–water partition coefficient (Wildman–Crippen LogP) is 1.14. The first kappa shape index (κ1) is 11.2. The molecule has 4 nitrogen and oxygen atoms in total. The van der Waals surface area contributed by atoms with Crippen LogP contribution in [0.2, 0.25) is 0 Å². The van der Waals surface area contributed by atoms with Crippen LogP contribution in [0.3, 0.4) is 0 Å². The van der Waals surface area contributed by atoms with Crippen molar-refractivity contribution in [3.63, 3.8) is 0 Å². The summed E-state index contributed by atoms with van der Waals surface area (Å²) < 4.78 is 5.42. The molecule has 0 saturated carbocycles. The van der Waals surface area contributed by atoms with Gasteiger partial charge in [-0.2, -0.15) is 0 Å². The molecule has 0 saturated heterocycles. The molecule has 1 rings (SSSR count). The molecule has 1 aromatic rings. The standard InChI is InChI=1S/C11H13NO3/c1-8(6-11(12)14)15-10-5-3-2-4-9(10)7-13/h2-5,7-8H,6H2,1H3,(H2,12,14). The van der Waals surface area contributed by atoms with Gasteiger partial charge in [0.25, 0.3) is 0 Å². The fourth-order valence-corrected chi connectivity index (χ4v) is 1.23. The fourth-order valence-electron chi connectivity index (χ4n) is 1.23. The molecule has 0 spiro atoms. The van der Waals surface area contributed by atoms with Gasteiger partial charge in [-0.25, -0.2) is 0 Å². The van der Waals surface area contributed by atoms with Crippen LogP contribution in [0.5, 0.6) is 5.75 Å². The number of hydrogen-bond donors (Lipinski definition) is 1. The van der Waals surface area contributed by atoms with Gasteiger partial charge >= 0.3 is 0 Å². The van der Waals surface area contributed by atoms with Crippen LogP contribution in [-0.2, 0) is 4.79 Å². The molecule has 0 aliphatic carbocycles. The van der Waals surface area contributed by atoms with Crippen molar-refractivity contribution < 1.29 is 14.3 Å². The Balaban J connectivity index is 2.71. The van der Waals surface area contributed by atoms with Crippen molar-refractivity contribution in [1.82, 2.24) is 0 Å². The maximum atomic E-state index is 10.7. The van der Waals surface area contributed by atoms with E-state index in [1.54, 1.807) is 31.2 Å². The third-order valence-corrected chi connectivity index (χ3v) is 1.86. The Labute approximate surface area is 88.0 Å². The molecule has 0 aliphatic heterocycles. The summed E-state index contributed by atoms with van der Waals surface area (Å²) in [4.78, 5) is 21.3. The first-order chi connectivity index (χ1) is 7.13. The van der Waals surface area contributed by atoms with Gasteiger partial charge in [-0.15, -0.1) is 0 Å². The van der Waals surface area contributed by atoms with Crippen LogP contribution >= 0.6 is 0 Å². The molecule has 0 fully saturated rings. The van der Waals surface area contributed by atoms with E-state index in [2.05, 4.69) is 0 Å². The lowest BCUT2D eigenvalue weighted by Gasteiger charge is -2.14. The minimum absolute atomic E-state index is 0.132. The van der Waals surface area contributed by atoms with Gasteiger partial charge in [-0.05, 0) is 19.1 Å². The second-order valence-electron chi connectivity index (χ2n) is 3.25. The molecule has 1 amide bonds. The summed E-state index contributed by atoms with van der Waals surface area (Å²) in [5.41, 5.74) is 5.50. The first-order valence-electron chi connectivity index (χ1n) is 4.62. The van der Waals surface area contributed by atoms with Crippen molar-refractivity contribution in [2.45, 2.75) is 19.4 Å². The van der Waals surface area contributed by atoms with E-state index in [9.17, 15) is 9.59 Å². The number of nitrogens with two attached hydrogens (primary N) is 1. The lowest BCUT2D eigenvalue weighted by Crippen LogP contribution is -2.22. The monoisotopic (exact) mass is 207 g/mol. The normalized spacial score (nSPS) is 11.8. The van der Waals surface area contributed by atoms with E-state index in [-0.39, 0.29) is 12.5 Å². The maximum Gasteiger partial charge on any atom is 0.221 e. The van der Waals surface area contributed by atoms with E-state index in [4.69, 9.17) is 10.5 Å². The zero-order valence-electron chi connectivity index (χ0n) is 8.47. The highest BCUT2D eigenvalue weighted by atomic mass is 16.5. The number of primary amides is 1. The average Bonchev–Trinajstić information content (AvgIpc) is 2.17. The number of para-hydroxylation sites is 1. The summed E-state index contributed by atoms with van der Waals surface area (Å²) in [5, 5.41) is 0. The molecule has 0 bridgehead atoms. The minimum atomic E-state index is -0.425. The van der Waals surface area contributed by atoms with E-state index in [1.807, 2.05) is 0 Å². The number of hydrogen-bond acceptors (Lipinski definition) is 3. The number of aldehydes is 1. The highest BCUT2D eigenvalue weighted by Crippen LogP contribution is 2.17. The second kappa shape index (κ2) is 5.14. The van der Waals surface area contributed by atoms with Gasteiger partial charge in [-0.1, -0.05) is 12.1 Å². The number of carbonyl (C=O) groups is 2. The summed E-state index contributed by atoms with van der Waals surface area (Å²) in [5.74, 6) is 0.0485. The van der Waals surface area contributed by atoms with Crippen LogP contribution in [0.25, 0.3) is 0 Å². The smallest absolute Gasteiger partial charge is 0.221 e. The molecule has 1 unspecified atom stereocenters. The van der Waals surface area contributed by atoms with E-state index < -0.39 is 5.91 Å². The Morgan fingerprint density at radius 2 is 2.20 bits per heavy atom. The number of benzene rings is 1. The summed E-state index contributed by atoms with van der Waals surface area (Å²) >= 11 is 0. The van der Waals surface area contributed by atoms with Gasteiger partial charge in [0.1, 0.15) is 11.9 Å². The first-order valence-corrected chi connectivity index (χ1v) is 4.62. The lowest BCUT2D eigenvalue weighted by molar-refractivity contribution is -0.119. The Bertz CT molecular complexity index is 363. The molecule has 80 valence electrons. The van der Waals surface area contributed by atoms with E-state index in [1.165, 1.54) is 0 Å². The Kier molecular flexibility index (Phi) is 3.85. The number of rotatable bonds is 5. The van der Waals surface area contributed by atoms with Crippen LogP contribution in [0.1, 0.15) is 23.7 Å². The molecule has 0 aliphatic rings. The quantitative estimate of drug-likeness (QED) is 0.736. The van der Waals surface area contributed by atoms with Crippen molar-refractivity contribution in [2.75, 3.05) is 0 Å². The van der Waals surface area contributed by atoms with Gasteiger partial charge in [0, 0.05) is 0 Å². The Hall–Kier alpha value is -1.84. The molecule has 1 atom stereocenters. The third-order valence-electron chi connectivity index (χ3n) is 1.86.